The second kappa shape index (κ2) is 7.83. The molecule has 0 spiro atoms. The molecule has 0 saturated heterocycles. The number of hydrogen-bond donors (Lipinski definition) is 1. The van der Waals surface area contributed by atoms with Gasteiger partial charge in [0.15, 0.2) is 0 Å². The van der Waals surface area contributed by atoms with Gasteiger partial charge in [0, 0.05) is 13.6 Å². The summed E-state index contributed by atoms with van der Waals surface area (Å²) in [5.74, 6) is 0.151. The molecule has 1 aliphatic rings. The van der Waals surface area contributed by atoms with E-state index < -0.39 is 5.41 Å². The third-order valence-electron chi connectivity index (χ3n) is 4.28. The molecule has 1 fully saturated rings. The molecule has 1 amide bonds. The Morgan fingerprint density at radius 1 is 1.21 bits per heavy atom. The molecular weight excluding hydrogens is 256 g/mol. The van der Waals surface area contributed by atoms with Crippen LogP contribution in [0, 0.1) is 5.41 Å². The van der Waals surface area contributed by atoms with Crippen LogP contribution >= 0.6 is 12.2 Å². The van der Waals surface area contributed by atoms with Gasteiger partial charge in [0.2, 0.25) is 5.91 Å². The summed E-state index contributed by atoms with van der Waals surface area (Å²) in [5, 5.41) is 0. The first-order chi connectivity index (χ1) is 9.04. The monoisotopic (exact) mass is 284 g/mol. The third-order valence-corrected chi connectivity index (χ3v) is 4.67. The Morgan fingerprint density at radius 2 is 1.79 bits per heavy atom. The van der Waals surface area contributed by atoms with Gasteiger partial charge in [0.05, 0.1) is 10.4 Å². The molecule has 0 atom stereocenters. The lowest BCUT2D eigenvalue weighted by molar-refractivity contribution is -0.137. The first-order valence-corrected chi connectivity index (χ1v) is 8.01. The Bertz CT molecular complexity index is 309. The summed E-state index contributed by atoms with van der Waals surface area (Å²) >= 11 is 5.25. The van der Waals surface area contributed by atoms with Crippen LogP contribution in [-0.2, 0) is 4.79 Å². The van der Waals surface area contributed by atoms with E-state index in [-0.39, 0.29) is 5.91 Å². The van der Waals surface area contributed by atoms with Crippen LogP contribution in [0.5, 0.6) is 0 Å². The predicted molar refractivity (Wildman–Crippen MR) is 84.1 cm³/mol. The number of thiocarbonyl (C=S) groups is 1. The molecule has 4 heteroatoms. The number of nitrogens with two attached hydrogens (primary N) is 1. The molecule has 0 unspecified atom stereocenters. The second-order valence-electron chi connectivity index (χ2n) is 5.79. The average molecular weight is 284 g/mol. The normalized spacial score (nSPS) is 18.6. The topological polar surface area (TPSA) is 46.3 Å². The summed E-state index contributed by atoms with van der Waals surface area (Å²) in [5.41, 5.74) is 5.39. The van der Waals surface area contributed by atoms with Crippen molar-refractivity contribution in [2.24, 2.45) is 11.1 Å². The Kier molecular flexibility index (Phi) is 6.76. The van der Waals surface area contributed by atoms with E-state index in [4.69, 9.17) is 18.0 Å². The molecule has 0 bridgehead atoms. The van der Waals surface area contributed by atoms with E-state index in [0.717, 1.165) is 45.1 Å². The van der Waals surface area contributed by atoms with Crippen molar-refractivity contribution in [3.8, 4) is 0 Å². The van der Waals surface area contributed by atoms with Gasteiger partial charge in [-0.2, -0.15) is 0 Å². The lowest BCUT2D eigenvalue weighted by Crippen LogP contribution is -2.49. The molecule has 0 heterocycles. The minimum Gasteiger partial charge on any atom is -0.392 e. The fourth-order valence-corrected chi connectivity index (χ4v) is 3.26. The number of carbonyl (C=O) groups is 1. The maximum atomic E-state index is 12.8. The number of unbranched alkanes of at least 4 members (excludes halogenated alkanes) is 2. The van der Waals surface area contributed by atoms with Crippen molar-refractivity contribution in [1.29, 1.82) is 0 Å². The molecule has 1 saturated carbocycles. The molecule has 0 aliphatic heterocycles. The minimum atomic E-state index is -0.563. The van der Waals surface area contributed by atoms with Crippen molar-refractivity contribution in [2.75, 3.05) is 13.6 Å². The van der Waals surface area contributed by atoms with Gasteiger partial charge in [0.1, 0.15) is 0 Å². The van der Waals surface area contributed by atoms with Gasteiger partial charge < -0.3 is 10.6 Å². The van der Waals surface area contributed by atoms with E-state index in [9.17, 15) is 4.79 Å². The quantitative estimate of drug-likeness (QED) is 0.462. The van der Waals surface area contributed by atoms with Crippen LogP contribution in [0.3, 0.4) is 0 Å². The highest BCUT2D eigenvalue weighted by Crippen LogP contribution is 2.37. The molecule has 0 aromatic rings. The van der Waals surface area contributed by atoms with Gasteiger partial charge in [-0.05, 0) is 19.3 Å². The molecule has 3 nitrogen and oxygen atoms in total. The summed E-state index contributed by atoms with van der Waals surface area (Å²) in [6, 6.07) is 0. The van der Waals surface area contributed by atoms with Gasteiger partial charge in [-0.15, -0.1) is 0 Å². The van der Waals surface area contributed by atoms with Gasteiger partial charge in [-0.25, -0.2) is 0 Å². The fourth-order valence-electron chi connectivity index (χ4n) is 2.96. The van der Waals surface area contributed by atoms with Gasteiger partial charge in [-0.3, -0.25) is 4.79 Å². The van der Waals surface area contributed by atoms with E-state index in [1.165, 1.54) is 19.3 Å². The number of hydrogen-bond acceptors (Lipinski definition) is 2. The highest BCUT2D eigenvalue weighted by molar-refractivity contribution is 7.80. The fraction of sp³-hybridized carbons (Fsp3) is 0.867. The van der Waals surface area contributed by atoms with Crippen LogP contribution in [0.4, 0.5) is 0 Å². The predicted octanol–water partition coefficient (Wildman–Crippen LogP) is 3.26. The van der Waals surface area contributed by atoms with Crippen LogP contribution in [-0.4, -0.2) is 29.4 Å². The van der Waals surface area contributed by atoms with E-state index in [1.807, 2.05) is 11.9 Å². The molecule has 0 aromatic heterocycles. The first-order valence-electron chi connectivity index (χ1n) is 7.60. The van der Waals surface area contributed by atoms with Crippen LogP contribution in [0.2, 0.25) is 0 Å². The standard InChI is InChI=1S/C15H28N2OS/c1-3-4-9-12-17(2)14(18)15(13(16)19)10-7-5-6-8-11-15/h3-12H2,1-2H3,(H2,16,19). The zero-order chi connectivity index (χ0) is 14.3. The third kappa shape index (κ3) is 4.16. The summed E-state index contributed by atoms with van der Waals surface area (Å²) in [6.07, 6.45) is 9.57. The molecule has 0 radical (unpaired) electrons. The molecular formula is C15H28N2OS. The summed E-state index contributed by atoms with van der Waals surface area (Å²) in [7, 11) is 1.89. The number of amides is 1. The first kappa shape index (κ1) is 16.4. The van der Waals surface area contributed by atoms with Crippen LogP contribution in [0.25, 0.3) is 0 Å². The number of carbonyl (C=O) groups excluding carboxylic acids is 1. The van der Waals surface area contributed by atoms with Crippen LogP contribution in [0.1, 0.15) is 64.7 Å². The molecule has 1 aliphatic carbocycles. The van der Waals surface area contributed by atoms with E-state index in [2.05, 4.69) is 6.92 Å². The van der Waals surface area contributed by atoms with Gasteiger partial charge >= 0.3 is 0 Å². The van der Waals surface area contributed by atoms with Crippen molar-refractivity contribution in [3.05, 3.63) is 0 Å². The van der Waals surface area contributed by atoms with Gasteiger partial charge in [0.25, 0.3) is 0 Å². The van der Waals surface area contributed by atoms with Crippen molar-refractivity contribution in [1.82, 2.24) is 4.90 Å². The van der Waals surface area contributed by atoms with Crippen molar-refractivity contribution < 1.29 is 4.79 Å². The zero-order valence-corrected chi connectivity index (χ0v) is 13.2. The Morgan fingerprint density at radius 3 is 2.26 bits per heavy atom. The maximum Gasteiger partial charge on any atom is 0.235 e. The number of nitrogens with zero attached hydrogens (tertiary/aromatic N) is 1. The smallest absolute Gasteiger partial charge is 0.235 e. The van der Waals surface area contributed by atoms with E-state index >= 15 is 0 Å². The summed E-state index contributed by atoms with van der Waals surface area (Å²) < 4.78 is 0. The number of rotatable bonds is 6. The van der Waals surface area contributed by atoms with Crippen LogP contribution in [0.15, 0.2) is 0 Å². The highest BCUT2D eigenvalue weighted by Gasteiger charge is 2.42. The molecule has 2 N–H and O–H groups in total. The summed E-state index contributed by atoms with van der Waals surface area (Å²) in [6.45, 7) is 2.99. The summed E-state index contributed by atoms with van der Waals surface area (Å²) in [4.78, 5) is 15.0. The minimum absolute atomic E-state index is 0.151. The SMILES string of the molecule is CCCCCN(C)C(=O)C1(C(N)=S)CCCCCC1. The molecule has 19 heavy (non-hydrogen) atoms. The molecule has 0 aromatic carbocycles. The van der Waals surface area contributed by atoms with Crippen LogP contribution < -0.4 is 5.73 Å². The maximum absolute atomic E-state index is 12.8. The Hall–Kier alpha value is -0.640. The van der Waals surface area contributed by atoms with Crippen molar-refractivity contribution in [2.45, 2.75) is 64.7 Å². The second-order valence-corrected chi connectivity index (χ2v) is 6.23. The lowest BCUT2D eigenvalue weighted by atomic mass is 9.79. The zero-order valence-electron chi connectivity index (χ0n) is 12.4. The Balaban J connectivity index is 2.74. The lowest BCUT2D eigenvalue weighted by Gasteiger charge is -2.34. The van der Waals surface area contributed by atoms with Crippen molar-refractivity contribution in [3.63, 3.8) is 0 Å². The molecule has 110 valence electrons. The highest BCUT2D eigenvalue weighted by atomic mass is 32.1. The van der Waals surface area contributed by atoms with Gasteiger partial charge in [-0.1, -0.05) is 57.7 Å². The van der Waals surface area contributed by atoms with E-state index in [1.54, 1.807) is 0 Å². The largest absolute Gasteiger partial charge is 0.392 e. The molecule has 1 rings (SSSR count). The van der Waals surface area contributed by atoms with Crippen molar-refractivity contribution >= 4 is 23.1 Å². The Labute approximate surface area is 122 Å². The average Bonchev–Trinajstić information content (AvgIpc) is 2.64. The van der Waals surface area contributed by atoms with E-state index in [0.29, 0.717) is 4.99 Å².